The highest BCUT2D eigenvalue weighted by Gasteiger charge is 2.41. The van der Waals surface area contributed by atoms with E-state index in [1.807, 2.05) is 4.90 Å². The number of piperidine rings is 1. The highest BCUT2D eigenvalue weighted by atomic mass is 19.1. The van der Waals surface area contributed by atoms with Gasteiger partial charge in [-0.1, -0.05) is 19.3 Å². The van der Waals surface area contributed by atoms with Crippen LogP contribution in [0.5, 0.6) is 0 Å². The molecule has 2 nitrogen and oxygen atoms in total. The molecular formula is C17H24F2N2. The van der Waals surface area contributed by atoms with E-state index in [9.17, 15) is 4.39 Å². The number of nitrogens with two attached hydrogens (primary N) is 1. The fraction of sp³-hybridized carbons (Fsp3) is 0.647. The lowest BCUT2D eigenvalue weighted by molar-refractivity contribution is 0.0258. The van der Waals surface area contributed by atoms with Crippen LogP contribution in [0.25, 0.3) is 0 Å². The molecule has 116 valence electrons. The summed E-state index contributed by atoms with van der Waals surface area (Å²) in [4.78, 5) is 2.03. The number of alkyl halides is 1. The quantitative estimate of drug-likeness (QED) is 0.824. The van der Waals surface area contributed by atoms with Crippen molar-refractivity contribution in [2.45, 2.75) is 50.6 Å². The molecule has 2 fully saturated rings. The summed E-state index contributed by atoms with van der Waals surface area (Å²) in [5, 5.41) is 0. The lowest BCUT2D eigenvalue weighted by Gasteiger charge is -2.42. The van der Waals surface area contributed by atoms with Crippen LogP contribution in [0.15, 0.2) is 18.2 Å². The first-order valence-electron chi connectivity index (χ1n) is 8.07. The molecule has 1 aliphatic carbocycles. The Hall–Kier alpha value is -1.32. The van der Waals surface area contributed by atoms with Crippen molar-refractivity contribution in [3.63, 3.8) is 0 Å². The summed E-state index contributed by atoms with van der Waals surface area (Å²) >= 11 is 0. The van der Waals surface area contributed by atoms with E-state index in [0.717, 1.165) is 38.8 Å². The Kier molecular flexibility index (Phi) is 4.05. The number of benzene rings is 1. The van der Waals surface area contributed by atoms with Crippen molar-refractivity contribution in [2.24, 2.45) is 5.92 Å². The van der Waals surface area contributed by atoms with Gasteiger partial charge in [0.25, 0.3) is 0 Å². The molecule has 21 heavy (non-hydrogen) atoms. The van der Waals surface area contributed by atoms with E-state index in [0.29, 0.717) is 24.2 Å². The van der Waals surface area contributed by atoms with Gasteiger partial charge in [-0.05, 0) is 49.8 Å². The Balaban J connectivity index is 1.64. The molecule has 0 aromatic heterocycles. The van der Waals surface area contributed by atoms with Crippen LogP contribution in [0.1, 0.15) is 44.9 Å². The minimum Gasteiger partial charge on any atom is -0.399 e. The Bertz CT molecular complexity index is 490. The van der Waals surface area contributed by atoms with E-state index in [1.165, 1.54) is 12.5 Å². The van der Waals surface area contributed by atoms with E-state index >= 15 is 4.39 Å². The number of halogens is 2. The third-order valence-corrected chi connectivity index (χ3v) is 5.22. The van der Waals surface area contributed by atoms with Crippen LogP contribution in [0.2, 0.25) is 0 Å². The molecule has 2 aliphatic rings. The molecule has 0 amide bonds. The van der Waals surface area contributed by atoms with Crippen molar-refractivity contribution >= 4 is 11.4 Å². The lowest BCUT2D eigenvalue weighted by Crippen LogP contribution is -2.44. The number of anilines is 2. The van der Waals surface area contributed by atoms with Gasteiger partial charge < -0.3 is 10.6 Å². The number of nitrogen functional groups attached to an aromatic ring is 1. The molecule has 1 saturated heterocycles. The van der Waals surface area contributed by atoms with E-state index in [2.05, 4.69) is 0 Å². The van der Waals surface area contributed by atoms with E-state index in [4.69, 9.17) is 5.73 Å². The molecule has 0 radical (unpaired) electrons. The standard InChI is InChI=1S/C17H24F2N2/c18-15-12-14(20)4-5-16(15)21-10-6-13(7-11-21)17(19)8-2-1-3-9-17/h4-5,12-13H,1-3,6-11,20H2. The van der Waals surface area contributed by atoms with Gasteiger partial charge >= 0.3 is 0 Å². The second-order valence-corrected chi connectivity index (χ2v) is 6.57. The summed E-state index contributed by atoms with van der Waals surface area (Å²) in [7, 11) is 0. The molecule has 0 atom stereocenters. The third-order valence-electron chi connectivity index (χ3n) is 5.22. The summed E-state index contributed by atoms with van der Waals surface area (Å²) in [5.74, 6) is -0.132. The van der Waals surface area contributed by atoms with Crippen molar-refractivity contribution < 1.29 is 8.78 Å². The minimum atomic E-state index is -0.968. The second kappa shape index (κ2) is 5.82. The Morgan fingerprint density at radius 3 is 2.38 bits per heavy atom. The largest absolute Gasteiger partial charge is 0.399 e. The average molecular weight is 294 g/mol. The highest BCUT2D eigenvalue weighted by Crippen LogP contribution is 2.43. The summed E-state index contributed by atoms with van der Waals surface area (Å²) in [6, 6.07) is 4.82. The zero-order valence-electron chi connectivity index (χ0n) is 12.5. The molecule has 3 rings (SSSR count). The molecule has 1 saturated carbocycles. The van der Waals surface area contributed by atoms with E-state index in [-0.39, 0.29) is 11.7 Å². The fourth-order valence-electron chi connectivity index (χ4n) is 3.97. The van der Waals surface area contributed by atoms with Crippen LogP contribution < -0.4 is 10.6 Å². The first-order valence-corrected chi connectivity index (χ1v) is 8.07. The SMILES string of the molecule is Nc1ccc(N2CCC(C3(F)CCCCC3)CC2)c(F)c1. The molecule has 2 N–H and O–H groups in total. The van der Waals surface area contributed by atoms with Crippen molar-refractivity contribution in [2.75, 3.05) is 23.7 Å². The third kappa shape index (κ3) is 2.99. The Labute approximate surface area is 125 Å². The van der Waals surface area contributed by atoms with Crippen LogP contribution >= 0.6 is 0 Å². The summed E-state index contributed by atoms with van der Waals surface area (Å²) in [5.41, 5.74) is 5.65. The van der Waals surface area contributed by atoms with Crippen LogP contribution in [-0.2, 0) is 0 Å². The maximum atomic E-state index is 15.0. The molecule has 1 heterocycles. The monoisotopic (exact) mass is 294 g/mol. The molecule has 0 bridgehead atoms. The zero-order valence-corrected chi connectivity index (χ0v) is 12.5. The van der Waals surface area contributed by atoms with Crippen LogP contribution in [-0.4, -0.2) is 18.8 Å². The van der Waals surface area contributed by atoms with E-state index < -0.39 is 5.67 Å². The van der Waals surface area contributed by atoms with Gasteiger partial charge in [-0.15, -0.1) is 0 Å². The number of hydrogen-bond donors (Lipinski definition) is 1. The molecule has 1 aliphatic heterocycles. The zero-order chi connectivity index (χ0) is 14.9. The maximum Gasteiger partial charge on any atom is 0.148 e. The molecule has 0 spiro atoms. The maximum absolute atomic E-state index is 15.0. The van der Waals surface area contributed by atoms with Crippen molar-refractivity contribution in [3.8, 4) is 0 Å². The van der Waals surface area contributed by atoms with Gasteiger partial charge in [0.15, 0.2) is 0 Å². The van der Waals surface area contributed by atoms with Crippen LogP contribution in [0.3, 0.4) is 0 Å². The first kappa shape index (κ1) is 14.6. The van der Waals surface area contributed by atoms with E-state index in [1.54, 1.807) is 12.1 Å². The predicted octanol–water partition coefficient (Wildman–Crippen LogP) is 4.30. The molecule has 4 heteroatoms. The molecular weight excluding hydrogens is 270 g/mol. The second-order valence-electron chi connectivity index (χ2n) is 6.57. The molecule has 1 aromatic carbocycles. The van der Waals surface area contributed by atoms with Crippen molar-refractivity contribution in [1.82, 2.24) is 0 Å². The molecule has 0 unspecified atom stereocenters. The fourth-order valence-corrected chi connectivity index (χ4v) is 3.97. The Morgan fingerprint density at radius 1 is 1.10 bits per heavy atom. The number of rotatable bonds is 2. The van der Waals surface area contributed by atoms with Gasteiger partial charge in [0.1, 0.15) is 11.5 Å². The number of nitrogens with zero attached hydrogens (tertiary/aromatic N) is 1. The van der Waals surface area contributed by atoms with Crippen molar-refractivity contribution in [1.29, 1.82) is 0 Å². The van der Waals surface area contributed by atoms with Gasteiger partial charge in [-0.25, -0.2) is 8.78 Å². The molecule has 1 aromatic rings. The summed E-state index contributed by atoms with van der Waals surface area (Å²) < 4.78 is 29.0. The topological polar surface area (TPSA) is 29.3 Å². The van der Waals surface area contributed by atoms with Crippen LogP contribution in [0, 0.1) is 11.7 Å². The van der Waals surface area contributed by atoms with Crippen molar-refractivity contribution in [3.05, 3.63) is 24.0 Å². The van der Waals surface area contributed by atoms with Gasteiger partial charge in [0.2, 0.25) is 0 Å². The highest BCUT2D eigenvalue weighted by molar-refractivity contribution is 5.54. The lowest BCUT2D eigenvalue weighted by atomic mass is 9.73. The van der Waals surface area contributed by atoms with Crippen LogP contribution in [0.4, 0.5) is 20.2 Å². The first-order chi connectivity index (χ1) is 10.1. The summed E-state index contributed by atoms with van der Waals surface area (Å²) in [6.45, 7) is 1.47. The predicted molar refractivity (Wildman–Crippen MR) is 82.7 cm³/mol. The smallest absolute Gasteiger partial charge is 0.148 e. The minimum absolute atomic E-state index is 0.144. The Morgan fingerprint density at radius 2 is 1.76 bits per heavy atom. The summed E-state index contributed by atoms with van der Waals surface area (Å²) in [6.07, 6.45) is 6.27. The van der Waals surface area contributed by atoms with Gasteiger partial charge in [0, 0.05) is 18.8 Å². The van der Waals surface area contributed by atoms with Gasteiger partial charge in [-0.2, -0.15) is 0 Å². The van der Waals surface area contributed by atoms with Gasteiger partial charge in [0.05, 0.1) is 5.69 Å². The van der Waals surface area contributed by atoms with Gasteiger partial charge in [-0.3, -0.25) is 0 Å². The number of hydrogen-bond acceptors (Lipinski definition) is 2. The average Bonchev–Trinajstić information content (AvgIpc) is 2.48. The normalized spacial score (nSPS) is 23.2.